The number of carbonyl (C=O) groups is 2. The molecule has 0 saturated carbocycles. The first-order valence-corrected chi connectivity index (χ1v) is 12.7. The summed E-state index contributed by atoms with van der Waals surface area (Å²) in [7, 11) is 3.11. The Kier molecular flexibility index (Phi) is 6.69. The molecule has 3 aliphatic rings. The molecule has 0 bridgehead atoms. The largest absolute Gasteiger partial charge is 0.511 e. The number of halogens is 3. The molecule has 3 unspecified atom stereocenters. The van der Waals surface area contributed by atoms with E-state index < -0.39 is 81.6 Å². The third-order valence-electron chi connectivity index (χ3n) is 8.43. The number of aromatic hydroxyl groups is 1. The lowest BCUT2D eigenvalue weighted by atomic mass is 9.59. The number of benzene rings is 2. The minimum atomic E-state index is -3.15. The zero-order valence-electron chi connectivity index (χ0n) is 22.0. The quantitative estimate of drug-likeness (QED) is 0.210. The van der Waals surface area contributed by atoms with Crippen LogP contribution in [0.25, 0.3) is 11.1 Å². The normalized spacial score (nSPS) is 25.2. The van der Waals surface area contributed by atoms with Gasteiger partial charge in [-0.2, -0.15) is 0 Å². The SMILES string of the molecule is CN(C)[C@@H]1C(O)=C(C(N)=O)C(O)(O)C2C(O)=C3C(=O)c4c(O)c(CN)cc(-c5cc(F)c(F)c(F)c5)c4CC3CC21. The van der Waals surface area contributed by atoms with E-state index in [1.165, 1.54) is 11.0 Å². The maximum absolute atomic E-state index is 14.2. The number of hydrogen-bond donors (Lipinski definition) is 7. The number of nitrogens with zero attached hydrogens (tertiary/aromatic N) is 1. The number of rotatable bonds is 4. The van der Waals surface area contributed by atoms with Crippen molar-refractivity contribution in [1.82, 2.24) is 4.90 Å². The number of hydrogen-bond acceptors (Lipinski definition) is 9. The fourth-order valence-corrected chi connectivity index (χ4v) is 6.81. The molecular formula is C28H28F3N3O7. The Morgan fingerprint density at radius 1 is 1.07 bits per heavy atom. The number of aliphatic hydroxyl groups is 4. The molecule has 0 fully saturated rings. The number of carbonyl (C=O) groups excluding carboxylic acids is 2. The molecule has 0 spiro atoms. The number of fused-ring (bicyclic) bond motifs is 3. The highest BCUT2D eigenvalue weighted by Crippen LogP contribution is 2.55. The van der Waals surface area contributed by atoms with Crippen molar-refractivity contribution in [2.45, 2.75) is 31.2 Å². The van der Waals surface area contributed by atoms with Crippen molar-refractivity contribution in [2.24, 2.45) is 29.2 Å². The van der Waals surface area contributed by atoms with E-state index >= 15 is 0 Å². The Balaban J connectivity index is 1.76. The number of aliphatic hydroxyl groups excluding tert-OH is 2. The first-order chi connectivity index (χ1) is 19.1. The fourth-order valence-electron chi connectivity index (χ4n) is 6.81. The maximum atomic E-state index is 14.2. The van der Waals surface area contributed by atoms with Gasteiger partial charge in [0.1, 0.15) is 22.8 Å². The van der Waals surface area contributed by atoms with E-state index in [4.69, 9.17) is 11.5 Å². The molecule has 10 nitrogen and oxygen atoms in total. The topological polar surface area (TPSA) is 191 Å². The lowest BCUT2D eigenvalue weighted by molar-refractivity contribution is -0.200. The van der Waals surface area contributed by atoms with E-state index in [-0.39, 0.29) is 52.8 Å². The Hall–Kier alpha value is -3.91. The number of primary amides is 1. The van der Waals surface area contributed by atoms with Crippen LogP contribution < -0.4 is 11.5 Å². The van der Waals surface area contributed by atoms with Crippen LogP contribution in [-0.2, 0) is 17.8 Å². The Morgan fingerprint density at radius 3 is 2.22 bits per heavy atom. The number of nitrogens with two attached hydrogens (primary N) is 2. The summed E-state index contributed by atoms with van der Waals surface area (Å²) in [5, 5.41) is 55.5. The van der Waals surface area contributed by atoms with Gasteiger partial charge >= 0.3 is 0 Å². The summed E-state index contributed by atoms with van der Waals surface area (Å²) in [4.78, 5) is 27.6. The molecule has 2 aromatic carbocycles. The number of phenolic OH excluding ortho intramolecular Hbond substituents is 1. The Labute approximate surface area is 231 Å². The van der Waals surface area contributed by atoms with E-state index in [1.54, 1.807) is 14.1 Å². The Bertz CT molecular complexity index is 1560. The third kappa shape index (κ3) is 4.02. The number of amides is 1. The highest BCUT2D eigenvalue weighted by molar-refractivity contribution is 6.14. The van der Waals surface area contributed by atoms with Crippen molar-refractivity contribution in [3.8, 4) is 16.9 Å². The summed E-state index contributed by atoms with van der Waals surface area (Å²) in [5.41, 5.74) is 9.77. The third-order valence-corrected chi connectivity index (χ3v) is 8.43. The van der Waals surface area contributed by atoms with Gasteiger partial charge in [0.05, 0.1) is 17.5 Å². The number of ketones is 1. The van der Waals surface area contributed by atoms with Crippen molar-refractivity contribution >= 4 is 11.7 Å². The van der Waals surface area contributed by atoms with E-state index in [1.807, 2.05) is 0 Å². The van der Waals surface area contributed by atoms with Crippen LogP contribution in [0, 0.1) is 35.2 Å². The van der Waals surface area contributed by atoms with Crippen LogP contribution in [0.1, 0.15) is 27.9 Å². The van der Waals surface area contributed by atoms with Crippen molar-refractivity contribution in [1.29, 1.82) is 0 Å². The lowest BCUT2D eigenvalue weighted by Crippen LogP contribution is -2.60. The van der Waals surface area contributed by atoms with Gasteiger partial charge in [-0.1, -0.05) is 0 Å². The molecule has 0 aliphatic heterocycles. The minimum Gasteiger partial charge on any atom is -0.511 e. The molecule has 2 aromatic rings. The van der Waals surface area contributed by atoms with Crippen LogP contribution >= 0.6 is 0 Å². The predicted octanol–water partition coefficient (Wildman–Crippen LogP) is 1.66. The molecule has 3 aliphatic carbocycles. The summed E-state index contributed by atoms with van der Waals surface area (Å²) in [6.45, 7) is -0.294. The molecule has 9 N–H and O–H groups in total. The van der Waals surface area contributed by atoms with Crippen LogP contribution in [0.4, 0.5) is 13.2 Å². The van der Waals surface area contributed by atoms with Crippen LogP contribution in [-0.4, -0.2) is 68.0 Å². The molecule has 5 rings (SSSR count). The van der Waals surface area contributed by atoms with Crippen LogP contribution in [0.2, 0.25) is 0 Å². The summed E-state index contributed by atoms with van der Waals surface area (Å²) < 4.78 is 42.2. The molecule has 0 aromatic heterocycles. The zero-order chi connectivity index (χ0) is 30.3. The van der Waals surface area contributed by atoms with Gasteiger partial charge in [0.2, 0.25) is 5.79 Å². The van der Waals surface area contributed by atoms with E-state index in [0.29, 0.717) is 0 Å². The van der Waals surface area contributed by atoms with Crippen molar-refractivity contribution < 1.29 is 48.3 Å². The summed E-state index contributed by atoms with van der Waals surface area (Å²) in [6, 6.07) is 1.82. The highest BCUT2D eigenvalue weighted by Gasteiger charge is 2.60. The molecule has 0 heterocycles. The van der Waals surface area contributed by atoms with Gasteiger partial charge in [-0.05, 0) is 73.7 Å². The lowest BCUT2D eigenvalue weighted by Gasteiger charge is -2.51. The van der Waals surface area contributed by atoms with E-state index in [0.717, 1.165) is 12.1 Å². The van der Waals surface area contributed by atoms with Gasteiger partial charge in [-0.15, -0.1) is 0 Å². The number of likely N-dealkylation sites (N-methyl/N-ethyl adjacent to an activating group) is 1. The molecule has 0 saturated heterocycles. The zero-order valence-corrected chi connectivity index (χ0v) is 22.0. The molecule has 4 atom stereocenters. The second-order valence-electron chi connectivity index (χ2n) is 10.9. The highest BCUT2D eigenvalue weighted by atomic mass is 19.2. The van der Waals surface area contributed by atoms with Gasteiger partial charge in [-0.25, -0.2) is 13.2 Å². The predicted molar refractivity (Wildman–Crippen MR) is 138 cm³/mol. The number of phenols is 1. The first kappa shape index (κ1) is 28.6. The summed E-state index contributed by atoms with van der Waals surface area (Å²) in [6.07, 6.45) is -0.1000. The Morgan fingerprint density at radius 2 is 1.68 bits per heavy atom. The second kappa shape index (κ2) is 9.58. The molecule has 218 valence electrons. The molecule has 13 heteroatoms. The average molecular weight is 576 g/mol. The van der Waals surface area contributed by atoms with Crippen LogP contribution in [0.15, 0.2) is 40.9 Å². The smallest absolute Gasteiger partial charge is 0.253 e. The van der Waals surface area contributed by atoms with Crippen molar-refractivity contribution in [3.63, 3.8) is 0 Å². The molecule has 0 radical (unpaired) electrons. The van der Waals surface area contributed by atoms with Crippen molar-refractivity contribution in [3.05, 3.63) is 75.0 Å². The molecular weight excluding hydrogens is 547 g/mol. The van der Waals surface area contributed by atoms with Gasteiger partial charge in [0.15, 0.2) is 23.2 Å². The van der Waals surface area contributed by atoms with E-state index in [9.17, 15) is 48.3 Å². The minimum absolute atomic E-state index is 0.0253. The standard InChI is InChI=1S/C28H28F3N3O7/c1-34(2)22-14-4-10-3-13-12(9-6-15(29)21(31)16(30)7-9)5-11(8-32)23(35)18(13)24(36)17(10)25(37)19(14)28(40,41)20(26(22)38)27(33)39/h5-7,10,14,19,22,35,37-38,40-41H,3-4,8,32H2,1-2H3,(H2,33,39)/t10?,14?,19?,22-/m0/s1. The monoisotopic (exact) mass is 575 g/mol. The number of allylic oxidation sites excluding steroid dienone is 1. The summed E-state index contributed by atoms with van der Waals surface area (Å²) in [5.74, 6) is -15.4. The van der Waals surface area contributed by atoms with Crippen LogP contribution in [0.5, 0.6) is 5.75 Å². The van der Waals surface area contributed by atoms with Crippen LogP contribution in [0.3, 0.4) is 0 Å². The number of Topliss-reactive ketones (excluding diaryl/α,β-unsaturated/α-hetero) is 1. The van der Waals surface area contributed by atoms with E-state index in [2.05, 4.69) is 0 Å². The maximum Gasteiger partial charge on any atom is 0.253 e. The fraction of sp³-hybridized carbons (Fsp3) is 0.357. The molecule has 41 heavy (non-hydrogen) atoms. The first-order valence-electron chi connectivity index (χ1n) is 12.7. The van der Waals surface area contributed by atoms with Gasteiger partial charge in [-0.3, -0.25) is 14.5 Å². The van der Waals surface area contributed by atoms with Gasteiger partial charge in [0.25, 0.3) is 5.91 Å². The second-order valence-corrected chi connectivity index (χ2v) is 10.9. The van der Waals surface area contributed by atoms with Crippen molar-refractivity contribution in [2.75, 3.05) is 14.1 Å². The molecule has 1 amide bonds. The van der Waals surface area contributed by atoms with Gasteiger partial charge in [0, 0.05) is 17.7 Å². The average Bonchev–Trinajstić information content (AvgIpc) is 2.85. The summed E-state index contributed by atoms with van der Waals surface area (Å²) >= 11 is 0. The van der Waals surface area contributed by atoms with Gasteiger partial charge < -0.3 is 37.0 Å².